The Kier molecular flexibility index (Phi) is 4.96. The molecule has 0 radical (unpaired) electrons. The van der Waals surface area contributed by atoms with Gasteiger partial charge in [-0.25, -0.2) is 16.8 Å². The average Bonchev–Trinajstić information content (AvgIpc) is 2.55. The fourth-order valence-electron chi connectivity index (χ4n) is 2.24. The molecule has 0 heterocycles. The van der Waals surface area contributed by atoms with E-state index in [0.717, 1.165) is 5.56 Å². The summed E-state index contributed by atoms with van der Waals surface area (Å²) < 4.78 is 50.0. The van der Waals surface area contributed by atoms with Crippen LogP contribution in [0.15, 0.2) is 63.2 Å². The summed E-state index contributed by atoms with van der Waals surface area (Å²) in [5.74, 6) is 0.144. The van der Waals surface area contributed by atoms with E-state index in [9.17, 15) is 16.8 Å². The molecule has 0 atom stereocenters. The minimum atomic E-state index is -3.88. The summed E-state index contributed by atoms with van der Waals surface area (Å²) in [5, 5.41) is 0. The smallest absolute Gasteiger partial charge is 0.207 e. The van der Waals surface area contributed by atoms with Crippen LogP contribution in [0.3, 0.4) is 0 Å². The molecule has 0 N–H and O–H groups in total. The third-order valence-electron chi connectivity index (χ3n) is 3.71. The maximum Gasteiger partial charge on any atom is 0.207 e. The standard InChI is InChI=1S/C17H20O4S2/c1-4-22(18,19)16-7-5-6-8-17(16)23(20,21)15-11-9-14(10-12-15)13(2)3/h5-13H,4H2,1-3H3. The van der Waals surface area contributed by atoms with Crippen LogP contribution in [0.5, 0.6) is 0 Å². The molecular formula is C17H20O4S2. The molecule has 2 aromatic rings. The number of sulfone groups is 2. The van der Waals surface area contributed by atoms with Crippen molar-refractivity contribution in [2.75, 3.05) is 5.75 Å². The van der Waals surface area contributed by atoms with Gasteiger partial charge in [0.15, 0.2) is 9.84 Å². The Morgan fingerprint density at radius 2 is 1.35 bits per heavy atom. The second-order valence-electron chi connectivity index (χ2n) is 5.58. The van der Waals surface area contributed by atoms with Crippen LogP contribution in [0, 0.1) is 0 Å². The Hall–Kier alpha value is -1.66. The van der Waals surface area contributed by atoms with E-state index in [0.29, 0.717) is 5.92 Å². The van der Waals surface area contributed by atoms with Crippen LogP contribution in [-0.2, 0) is 19.7 Å². The van der Waals surface area contributed by atoms with E-state index in [1.165, 1.54) is 43.3 Å². The highest BCUT2D eigenvalue weighted by atomic mass is 32.2. The van der Waals surface area contributed by atoms with Gasteiger partial charge in [0.25, 0.3) is 0 Å². The lowest BCUT2D eigenvalue weighted by Crippen LogP contribution is -2.11. The maximum atomic E-state index is 12.8. The average molecular weight is 352 g/mol. The van der Waals surface area contributed by atoms with Gasteiger partial charge in [-0.2, -0.15) is 0 Å². The van der Waals surface area contributed by atoms with Crippen molar-refractivity contribution in [3.63, 3.8) is 0 Å². The number of rotatable bonds is 5. The summed E-state index contributed by atoms with van der Waals surface area (Å²) in [4.78, 5) is -0.213. The Balaban J connectivity index is 2.62. The Bertz CT molecular complexity index is 894. The molecule has 6 heteroatoms. The lowest BCUT2D eigenvalue weighted by Gasteiger charge is -2.11. The highest BCUT2D eigenvalue weighted by Crippen LogP contribution is 2.28. The van der Waals surface area contributed by atoms with E-state index < -0.39 is 19.7 Å². The van der Waals surface area contributed by atoms with Crippen LogP contribution in [0.2, 0.25) is 0 Å². The van der Waals surface area contributed by atoms with Crippen molar-refractivity contribution < 1.29 is 16.8 Å². The van der Waals surface area contributed by atoms with Gasteiger partial charge < -0.3 is 0 Å². The zero-order valence-electron chi connectivity index (χ0n) is 13.4. The highest BCUT2D eigenvalue weighted by molar-refractivity contribution is 7.94. The summed E-state index contributed by atoms with van der Waals surface area (Å²) in [6, 6.07) is 12.3. The summed E-state index contributed by atoms with van der Waals surface area (Å²) in [6.45, 7) is 5.54. The first-order chi connectivity index (χ1) is 10.7. The topological polar surface area (TPSA) is 68.3 Å². The second kappa shape index (κ2) is 6.45. The van der Waals surface area contributed by atoms with Crippen LogP contribution >= 0.6 is 0 Å². The van der Waals surface area contributed by atoms with Crippen LogP contribution < -0.4 is 0 Å². The Labute approximate surface area is 138 Å². The quantitative estimate of drug-likeness (QED) is 0.827. The van der Waals surface area contributed by atoms with Crippen LogP contribution in [0.25, 0.3) is 0 Å². The summed E-state index contributed by atoms with van der Waals surface area (Å²) in [5.41, 5.74) is 1.03. The summed E-state index contributed by atoms with van der Waals surface area (Å²) in [7, 11) is -7.51. The molecule has 0 aliphatic heterocycles. The number of hydrogen-bond acceptors (Lipinski definition) is 4. The normalized spacial score (nSPS) is 12.5. The molecule has 0 saturated carbocycles. The first-order valence-electron chi connectivity index (χ1n) is 7.37. The molecule has 0 spiro atoms. The predicted octanol–water partition coefficient (Wildman–Crippen LogP) is 3.44. The predicted molar refractivity (Wildman–Crippen MR) is 90.2 cm³/mol. The second-order valence-corrected chi connectivity index (χ2v) is 9.74. The van der Waals surface area contributed by atoms with E-state index in [-0.39, 0.29) is 20.4 Å². The minimum Gasteiger partial charge on any atom is -0.224 e. The maximum absolute atomic E-state index is 12.8. The molecule has 2 aromatic carbocycles. The zero-order chi connectivity index (χ0) is 17.3. The third-order valence-corrected chi connectivity index (χ3v) is 7.45. The van der Waals surface area contributed by atoms with Crippen molar-refractivity contribution in [2.24, 2.45) is 0 Å². The Morgan fingerprint density at radius 1 is 0.826 bits per heavy atom. The number of benzene rings is 2. The highest BCUT2D eigenvalue weighted by Gasteiger charge is 2.26. The zero-order valence-corrected chi connectivity index (χ0v) is 15.0. The lowest BCUT2D eigenvalue weighted by atomic mass is 10.0. The molecule has 4 nitrogen and oxygen atoms in total. The van der Waals surface area contributed by atoms with Crippen molar-refractivity contribution in [3.8, 4) is 0 Å². The molecule has 0 aliphatic carbocycles. The van der Waals surface area contributed by atoms with Gasteiger partial charge in [0.05, 0.1) is 20.4 Å². The van der Waals surface area contributed by atoms with Gasteiger partial charge in [-0.1, -0.05) is 45.0 Å². The van der Waals surface area contributed by atoms with Gasteiger partial charge in [-0.05, 0) is 35.7 Å². The minimum absolute atomic E-state index is 0.0978. The molecule has 124 valence electrons. The van der Waals surface area contributed by atoms with Crippen LogP contribution in [0.4, 0.5) is 0 Å². The SMILES string of the molecule is CCS(=O)(=O)c1ccccc1S(=O)(=O)c1ccc(C(C)C)cc1. The van der Waals surface area contributed by atoms with Gasteiger partial charge in [0, 0.05) is 0 Å². The van der Waals surface area contributed by atoms with Crippen molar-refractivity contribution in [1.29, 1.82) is 0 Å². The fraction of sp³-hybridized carbons (Fsp3) is 0.294. The van der Waals surface area contributed by atoms with Gasteiger partial charge in [-0.3, -0.25) is 0 Å². The summed E-state index contributed by atoms with van der Waals surface area (Å²) >= 11 is 0. The van der Waals surface area contributed by atoms with Gasteiger partial charge in [0.2, 0.25) is 9.84 Å². The first kappa shape index (κ1) is 17.7. The van der Waals surface area contributed by atoms with Crippen molar-refractivity contribution in [3.05, 3.63) is 54.1 Å². The fourth-order valence-corrected chi connectivity index (χ4v) is 5.26. The number of hydrogen-bond donors (Lipinski definition) is 0. The largest absolute Gasteiger partial charge is 0.224 e. The van der Waals surface area contributed by atoms with Gasteiger partial charge >= 0.3 is 0 Å². The van der Waals surface area contributed by atoms with Gasteiger partial charge in [-0.15, -0.1) is 0 Å². The molecule has 2 rings (SSSR count). The molecule has 0 fully saturated rings. The molecule has 0 saturated heterocycles. The van der Waals surface area contributed by atoms with Crippen LogP contribution in [-0.4, -0.2) is 22.6 Å². The van der Waals surface area contributed by atoms with Crippen LogP contribution in [0.1, 0.15) is 32.3 Å². The third kappa shape index (κ3) is 3.48. The van der Waals surface area contributed by atoms with E-state index in [4.69, 9.17) is 0 Å². The molecule has 0 aromatic heterocycles. The summed E-state index contributed by atoms with van der Waals surface area (Å²) in [6.07, 6.45) is 0. The Morgan fingerprint density at radius 3 is 1.83 bits per heavy atom. The molecule has 0 aliphatic rings. The van der Waals surface area contributed by atoms with Crippen molar-refractivity contribution in [1.82, 2.24) is 0 Å². The van der Waals surface area contributed by atoms with Crippen molar-refractivity contribution >= 4 is 19.7 Å². The van der Waals surface area contributed by atoms with E-state index in [1.807, 2.05) is 13.8 Å². The molecule has 0 amide bonds. The molecular weight excluding hydrogens is 332 g/mol. The lowest BCUT2D eigenvalue weighted by molar-refractivity contribution is 0.583. The van der Waals surface area contributed by atoms with E-state index in [1.54, 1.807) is 12.1 Å². The molecule has 23 heavy (non-hydrogen) atoms. The van der Waals surface area contributed by atoms with E-state index >= 15 is 0 Å². The van der Waals surface area contributed by atoms with Crippen molar-refractivity contribution in [2.45, 2.75) is 41.4 Å². The molecule has 0 bridgehead atoms. The molecule has 0 unspecified atom stereocenters. The van der Waals surface area contributed by atoms with Gasteiger partial charge in [0.1, 0.15) is 0 Å². The first-order valence-corrected chi connectivity index (χ1v) is 10.5. The monoisotopic (exact) mass is 352 g/mol. The van der Waals surface area contributed by atoms with E-state index in [2.05, 4.69) is 0 Å².